The van der Waals surface area contributed by atoms with Crippen LogP contribution in [0.5, 0.6) is 0 Å². The second-order valence-corrected chi connectivity index (χ2v) is 4.19. The van der Waals surface area contributed by atoms with Crippen LogP contribution in [0.4, 0.5) is 0 Å². The van der Waals surface area contributed by atoms with Gasteiger partial charge in [-0.2, -0.15) is 0 Å². The molecule has 0 saturated carbocycles. The molecule has 0 spiro atoms. The number of ether oxygens (including phenoxy) is 1. The molecule has 1 fully saturated rings. The molecule has 1 aromatic heterocycles. The third-order valence-electron chi connectivity index (χ3n) is 3.03. The Morgan fingerprint density at radius 3 is 2.63 bits per heavy atom. The smallest absolute Gasteiger partial charge is 0.330 e. The Balaban J connectivity index is 2.45. The first-order valence-electron chi connectivity index (χ1n) is 5.38. The van der Waals surface area contributed by atoms with Crippen LogP contribution in [-0.2, 0) is 9.53 Å². The van der Waals surface area contributed by atoms with Gasteiger partial charge in [-0.3, -0.25) is 19.1 Å². The Morgan fingerprint density at radius 1 is 1.47 bits per heavy atom. The fraction of sp³-hybridized carbons (Fsp3) is 0.500. The van der Waals surface area contributed by atoms with E-state index in [1.807, 2.05) is 4.98 Å². The summed E-state index contributed by atoms with van der Waals surface area (Å²) in [5.41, 5.74) is -3.51. The van der Waals surface area contributed by atoms with E-state index < -0.39 is 41.9 Å². The molecule has 1 aliphatic heterocycles. The molecule has 2 heterocycles. The number of carbonyl (C=O) groups excluding carboxylic acids is 1. The van der Waals surface area contributed by atoms with E-state index in [9.17, 15) is 24.6 Å². The van der Waals surface area contributed by atoms with E-state index in [1.54, 1.807) is 0 Å². The standard InChI is InChI=1S/C10H12N2O7/c13-3-10(4-14)7(17)6(16)8(19-10)12-2-1-5(15)11-9(12)18/h1-3,6-8,14,16-17H,4H2,(H,11,15,18)/t6-,7+,8-,10-/m1/s1. The summed E-state index contributed by atoms with van der Waals surface area (Å²) < 4.78 is 5.92. The Kier molecular flexibility index (Phi) is 3.37. The van der Waals surface area contributed by atoms with Gasteiger partial charge in [0, 0.05) is 12.3 Å². The molecule has 0 aromatic carbocycles. The molecular formula is C10H12N2O7. The molecule has 1 aromatic rings. The Morgan fingerprint density at radius 2 is 2.16 bits per heavy atom. The quantitative estimate of drug-likeness (QED) is 0.422. The molecule has 4 atom stereocenters. The minimum absolute atomic E-state index is 0.164. The summed E-state index contributed by atoms with van der Waals surface area (Å²) in [6, 6.07) is 1.02. The van der Waals surface area contributed by atoms with Crippen molar-refractivity contribution in [2.45, 2.75) is 24.0 Å². The fourth-order valence-electron chi connectivity index (χ4n) is 1.92. The van der Waals surface area contributed by atoms with Gasteiger partial charge in [0.25, 0.3) is 5.56 Å². The molecule has 19 heavy (non-hydrogen) atoms. The summed E-state index contributed by atoms with van der Waals surface area (Å²) in [5.74, 6) is 0. The summed E-state index contributed by atoms with van der Waals surface area (Å²) in [4.78, 5) is 35.3. The SMILES string of the molecule is O=C[C@]1(CO)O[C@@H](n2ccc(=O)[nH]c2=O)[C@H](O)[C@@H]1O. The van der Waals surface area contributed by atoms with Gasteiger partial charge in [-0.1, -0.05) is 0 Å². The number of hydrogen-bond acceptors (Lipinski definition) is 7. The highest BCUT2D eigenvalue weighted by Crippen LogP contribution is 2.34. The van der Waals surface area contributed by atoms with Crippen LogP contribution in [0.15, 0.2) is 21.9 Å². The van der Waals surface area contributed by atoms with Crippen molar-refractivity contribution in [1.29, 1.82) is 0 Å². The highest BCUT2D eigenvalue weighted by molar-refractivity contribution is 5.65. The molecule has 1 aliphatic rings. The van der Waals surface area contributed by atoms with E-state index in [-0.39, 0.29) is 6.29 Å². The number of aromatic amines is 1. The normalized spacial score (nSPS) is 34.4. The molecule has 0 aliphatic carbocycles. The minimum atomic E-state index is -2.00. The van der Waals surface area contributed by atoms with Crippen LogP contribution in [0.25, 0.3) is 0 Å². The zero-order chi connectivity index (χ0) is 14.2. The molecule has 9 heteroatoms. The minimum Gasteiger partial charge on any atom is -0.393 e. The van der Waals surface area contributed by atoms with Crippen LogP contribution >= 0.6 is 0 Å². The van der Waals surface area contributed by atoms with Gasteiger partial charge in [-0.15, -0.1) is 0 Å². The Labute approximate surface area is 105 Å². The lowest BCUT2D eigenvalue weighted by atomic mass is 9.98. The van der Waals surface area contributed by atoms with E-state index in [4.69, 9.17) is 9.84 Å². The molecule has 104 valence electrons. The van der Waals surface area contributed by atoms with Crippen LogP contribution in [0, 0.1) is 0 Å². The van der Waals surface area contributed by atoms with Crippen molar-refractivity contribution in [3.05, 3.63) is 33.1 Å². The Hall–Kier alpha value is -1.81. The predicted octanol–water partition coefficient (Wildman–Crippen LogP) is -3.28. The van der Waals surface area contributed by atoms with E-state index in [1.165, 1.54) is 0 Å². The summed E-state index contributed by atoms with van der Waals surface area (Å²) in [6.45, 7) is -0.858. The van der Waals surface area contributed by atoms with Crippen LogP contribution < -0.4 is 11.2 Å². The molecule has 0 bridgehead atoms. The molecule has 1 saturated heterocycles. The van der Waals surface area contributed by atoms with Gasteiger partial charge in [-0.25, -0.2) is 4.79 Å². The van der Waals surface area contributed by atoms with Crippen LogP contribution in [-0.4, -0.2) is 55.6 Å². The Bertz CT molecular complexity index is 594. The van der Waals surface area contributed by atoms with Crippen molar-refractivity contribution in [1.82, 2.24) is 9.55 Å². The van der Waals surface area contributed by atoms with Gasteiger partial charge in [-0.05, 0) is 0 Å². The second-order valence-electron chi connectivity index (χ2n) is 4.19. The average molecular weight is 272 g/mol. The molecule has 0 amide bonds. The van der Waals surface area contributed by atoms with Gasteiger partial charge >= 0.3 is 5.69 Å². The predicted molar refractivity (Wildman–Crippen MR) is 59.3 cm³/mol. The second kappa shape index (κ2) is 4.70. The molecule has 2 rings (SSSR count). The first-order valence-corrected chi connectivity index (χ1v) is 5.38. The van der Waals surface area contributed by atoms with Crippen molar-refractivity contribution in [3.63, 3.8) is 0 Å². The zero-order valence-corrected chi connectivity index (χ0v) is 9.59. The lowest BCUT2D eigenvalue weighted by molar-refractivity contribution is -0.151. The number of carbonyl (C=O) groups is 1. The third kappa shape index (κ3) is 2.02. The van der Waals surface area contributed by atoms with Gasteiger partial charge in [0.1, 0.15) is 12.2 Å². The lowest BCUT2D eigenvalue weighted by Gasteiger charge is -2.22. The number of rotatable bonds is 3. The van der Waals surface area contributed by atoms with E-state index in [0.29, 0.717) is 0 Å². The van der Waals surface area contributed by atoms with E-state index in [0.717, 1.165) is 16.8 Å². The maximum absolute atomic E-state index is 11.6. The topological polar surface area (TPSA) is 142 Å². The summed E-state index contributed by atoms with van der Waals surface area (Å²) in [5, 5.41) is 28.6. The molecular weight excluding hydrogens is 260 g/mol. The van der Waals surface area contributed by atoms with Gasteiger partial charge in [0.2, 0.25) is 0 Å². The van der Waals surface area contributed by atoms with Crippen LogP contribution in [0.2, 0.25) is 0 Å². The van der Waals surface area contributed by atoms with Crippen molar-refractivity contribution < 1.29 is 24.9 Å². The number of nitrogens with zero attached hydrogens (tertiary/aromatic N) is 1. The van der Waals surface area contributed by atoms with E-state index >= 15 is 0 Å². The summed E-state index contributed by atoms with van der Waals surface area (Å²) in [6.07, 6.45) is -3.48. The average Bonchev–Trinajstić information content (AvgIpc) is 2.64. The van der Waals surface area contributed by atoms with Crippen molar-refractivity contribution >= 4 is 6.29 Å². The molecule has 4 N–H and O–H groups in total. The number of aldehydes is 1. The number of hydrogen-bond donors (Lipinski definition) is 4. The van der Waals surface area contributed by atoms with Crippen molar-refractivity contribution in [2.24, 2.45) is 0 Å². The fourth-order valence-corrected chi connectivity index (χ4v) is 1.92. The zero-order valence-electron chi connectivity index (χ0n) is 9.59. The van der Waals surface area contributed by atoms with Gasteiger partial charge in [0.05, 0.1) is 6.61 Å². The largest absolute Gasteiger partial charge is 0.393 e. The van der Waals surface area contributed by atoms with Gasteiger partial charge in [0.15, 0.2) is 18.1 Å². The number of aliphatic hydroxyl groups is 3. The van der Waals surface area contributed by atoms with Crippen LogP contribution in [0.3, 0.4) is 0 Å². The monoisotopic (exact) mass is 272 g/mol. The maximum Gasteiger partial charge on any atom is 0.330 e. The van der Waals surface area contributed by atoms with Crippen LogP contribution in [0.1, 0.15) is 6.23 Å². The lowest BCUT2D eigenvalue weighted by Crippen LogP contribution is -2.47. The highest BCUT2D eigenvalue weighted by atomic mass is 16.6. The maximum atomic E-state index is 11.6. The third-order valence-corrected chi connectivity index (χ3v) is 3.03. The highest BCUT2D eigenvalue weighted by Gasteiger charge is 2.55. The molecule has 9 nitrogen and oxygen atoms in total. The molecule has 0 radical (unpaired) electrons. The van der Waals surface area contributed by atoms with Gasteiger partial charge < -0.3 is 20.1 Å². The molecule has 0 unspecified atom stereocenters. The first-order chi connectivity index (χ1) is 8.95. The number of nitrogens with one attached hydrogen (secondary N) is 1. The van der Waals surface area contributed by atoms with Crippen molar-refractivity contribution in [3.8, 4) is 0 Å². The summed E-state index contributed by atoms with van der Waals surface area (Å²) in [7, 11) is 0. The first kappa shape index (κ1) is 13.6. The number of H-pyrrole nitrogens is 1. The van der Waals surface area contributed by atoms with Crippen molar-refractivity contribution in [2.75, 3.05) is 6.61 Å². The number of aliphatic hydroxyl groups excluding tert-OH is 3. The number of aromatic nitrogens is 2. The van der Waals surface area contributed by atoms with E-state index in [2.05, 4.69) is 0 Å². The summed E-state index contributed by atoms with van der Waals surface area (Å²) >= 11 is 0.